The number of halogens is 1. The quantitative estimate of drug-likeness (QED) is 0.527. The Hall–Kier alpha value is -2.25. The number of hydrogen-bond donors (Lipinski definition) is 1. The molecule has 0 bridgehead atoms. The van der Waals surface area contributed by atoms with Crippen LogP contribution >= 0.6 is 28.1 Å². The maximum absolute atomic E-state index is 5.69. The third-order valence-electron chi connectivity index (χ3n) is 3.00. The fraction of sp³-hybridized carbons (Fsp3) is 0.0625. The van der Waals surface area contributed by atoms with Gasteiger partial charge in [0.1, 0.15) is 12.4 Å². The minimum absolute atomic E-state index is 0.271. The van der Waals surface area contributed by atoms with Gasteiger partial charge in [0.25, 0.3) is 0 Å². The number of aromatic amines is 1. The summed E-state index contributed by atoms with van der Waals surface area (Å²) in [4.78, 5) is 0. The average Bonchev–Trinajstić information content (AvgIpc) is 2.92. The van der Waals surface area contributed by atoms with E-state index in [1.54, 1.807) is 10.9 Å². The van der Waals surface area contributed by atoms with E-state index in [-0.39, 0.29) is 6.61 Å². The van der Waals surface area contributed by atoms with E-state index in [0.717, 1.165) is 15.8 Å². The molecule has 7 heteroatoms. The number of ether oxygens (including phenoxy) is 1. The van der Waals surface area contributed by atoms with Crippen molar-refractivity contribution < 1.29 is 4.74 Å². The molecule has 0 spiro atoms. The highest BCUT2D eigenvalue weighted by molar-refractivity contribution is 9.10. The van der Waals surface area contributed by atoms with Gasteiger partial charge in [0.15, 0.2) is 5.82 Å². The predicted octanol–water partition coefficient (Wildman–Crippen LogP) is 4.16. The molecule has 2 aromatic carbocycles. The van der Waals surface area contributed by atoms with Crippen LogP contribution in [0.5, 0.6) is 5.75 Å². The lowest BCUT2D eigenvalue weighted by atomic mass is 10.2. The Labute approximate surface area is 146 Å². The summed E-state index contributed by atoms with van der Waals surface area (Å²) in [6.07, 6.45) is 1.72. The lowest BCUT2D eigenvalue weighted by molar-refractivity contribution is 0.290. The zero-order valence-electron chi connectivity index (χ0n) is 12.0. The zero-order chi connectivity index (χ0) is 16.1. The Morgan fingerprint density at radius 3 is 2.83 bits per heavy atom. The van der Waals surface area contributed by atoms with Gasteiger partial charge in [-0.2, -0.15) is 14.9 Å². The molecule has 0 radical (unpaired) electrons. The number of hydrogen-bond acceptors (Lipinski definition) is 4. The summed E-state index contributed by atoms with van der Waals surface area (Å²) in [6.45, 7) is 0.271. The van der Waals surface area contributed by atoms with Crippen LogP contribution in [0.3, 0.4) is 0 Å². The number of nitrogens with one attached hydrogen (secondary N) is 1. The van der Waals surface area contributed by atoms with Crippen LogP contribution in [0, 0.1) is 4.77 Å². The first-order chi connectivity index (χ1) is 11.2. The van der Waals surface area contributed by atoms with Gasteiger partial charge in [-0.05, 0) is 42.0 Å². The van der Waals surface area contributed by atoms with E-state index in [0.29, 0.717) is 10.6 Å². The van der Waals surface area contributed by atoms with E-state index in [2.05, 4.69) is 31.2 Å². The third kappa shape index (κ3) is 4.14. The van der Waals surface area contributed by atoms with E-state index in [9.17, 15) is 0 Å². The number of benzene rings is 2. The van der Waals surface area contributed by atoms with Crippen LogP contribution in [0.15, 0.2) is 64.2 Å². The molecule has 3 rings (SSSR count). The van der Waals surface area contributed by atoms with Gasteiger partial charge in [0, 0.05) is 4.47 Å². The van der Waals surface area contributed by atoms with Crippen LogP contribution in [0.1, 0.15) is 11.4 Å². The molecule has 0 atom stereocenters. The van der Waals surface area contributed by atoms with Crippen LogP contribution in [-0.2, 0) is 6.61 Å². The molecule has 1 heterocycles. The molecular formula is C16H13BrN4OS. The van der Waals surface area contributed by atoms with Gasteiger partial charge in [-0.25, -0.2) is 5.10 Å². The van der Waals surface area contributed by atoms with E-state index < -0.39 is 0 Å². The monoisotopic (exact) mass is 388 g/mol. The molecule has 0 amide bonds. The first-order valence-corrected chi connectivity index (χ1v) is 8.06. The van der Waals surface area contributed by atoms with E-state index in [4.69, 9.17) is 17.0 Å². The molecule has 0 aliphatic carbocycles. The fourth-order valence-electron chi connectivity index (χ4n) is 1.91. The van der Waals surface area contributed by atoms with Crippen molar-refractivity contribution in [2.45, 2.75) is 6.61 Å². The maximum Gasteiger partial charge on any atom is 0.216 e. The van der Waals surface area contributed by atoms with Crippen molar-refractivity contribution in [1.29, 1.82) is 0 Å². The van der Waals surface area contributed by atoms with Crippen molar-refractivity contribution in [2.75, 3.05) is 0 Å². The molecule has 23 heavy (non-hydrogen) atoms. The maximum atomic E-state index is 5.69. The highest BCUT2D eigenvalue weighted by Gasteiger charge is 2.06. The molecule has 0 unspecified atom stereocenters. The summed E-state index contributed by atoms with van der Waals surface area (Å²) in [7, 11) is 0. The Bertz CT molecular complexity index is 873. The van der Waals surface area contributed by atoms with Crippen molar-refractivity contribution in [1.82, 2.24) is 14.9 Å². The van der Waals surface area contributed by atoms with Crippen molar-refractivity contribution in [3.05, 3.63) is 75.2 Å². The molecule has 1 aromatic heterocycles. The Morgan fingerprint density at radius 2 is 2.04 bits per heavy atom. The van der Waals surface area contributed by atoms with Crippen LogP contribution in [0.2, 0.25) is 0 Å². The van der Waals surface area contributed by atoms with Gasteiger partial charge in [-0.3, -0.25) is 0 Å². The summed E-state index contributed by atoms with van der Waals surface area (Å²) in [5.74, 6) is 1.37. The van der Waals surface area contributed by atoms with Gasteiger partial charge in [-0.15, -0.1) is 0 Å². The topological polar surface area (TPSA) is 55.2 Å². The second-order valence-electron chi connectivity index (χ2n) is 4.66. The third-order valence-corrected chi connectivity index (χ3v) is 3.76. The molecule has 3 aromatic rings. The Balaban J connectivity index is 1.77. The first-order valence-electron chi connectivity index (χ1n) is 6.86. The molecule has 1 N–H and O–H groups in total. The second kappa shape index (κ2) is 7.34. The van der Waals surface area contributed by atoms with Crippen LogP contribution in [0.25, 0.3) is 0 Å². The summed E-state index contributed by atoms with van der Waals surface area (Å²) >= 11 is 8.64. The highest BCUT2D eigenvalue weighted by atomic mass is 79.9. The average molecular weight is 389 g/mol. The van der Waals surface area contributed by atoms with Crippen molar-refractivity contribution in [3.8, 4) is 5.75 Å². The van der Waals surface area contributed by atoms with Crippen LogP contribution in [0.4, 0.5) is 0 Å². The molecule has 116 valence electrons. The standard InChI is InChI=1S/C16H13BrN4OS/c17-13-6-4-5-12(9-13)10-18-21-15(19-20-16(21)23)11-22-14-7-2-1-3-8-14/h1-10H,11H2,(H,20,23). The van der Waals surface area contributed by atoms with Crippen molar-refractivity contribution >= 4 is 34.4 Å². The summed E-state index contributed by atoms with van der Waals surface area (Å²) in [6, 6.07) is 17.4. The number of rotatable bonds is 5. The number of H-pyrrole nitrogens is 1. The van der Waals surface area contributed by atoms with Gasteiger partial charge in [0.05, 0.1) is 6.21 Å². The minimum Gasteiger partial charge on any atom is -0.486 e. The van der Waals surface area contributed by atoms with Crippen molar-refractivity contribution in [3.63, 3.8) is 0 Å². The molecule has 0 aliphatic heterocycles. The lowest BCUT2D eigenvalue weighted by Gasteiger charge is -2.04. The molecule has 5 nitrogen and oxygen atoms in total. The van der Waals surface area contributed by atoms with Crippen LogP contribution in [-0.4, -0.2) is 21.1 Å². The molecule has 0 saturated heterocycles. The van der Waals surface area contributed by atoms with Gasteiger partial charge >= 0.3 is 0 Å². The lowest BCUT2D eigenvalue weighted by Crippen LogP contribution is -2.04. The summed E-state index contributed by atoms with van der Waals surface area (Å²) in [5, 5.41) is 11.3. The largest absolute Gasteiger partial charge is 0.486 e. The molecular weight excluding hydrogens is 376 g/mol. The Kier molecular flexibility index (Phi) is 4.99. The number of aromatic nitrogens is 3. The van der Waals surface area contributed by atoms with Gasteiger partial charge in [0.2, 0.25) is 4.77 Å². The SMILES string of the molecule is S=c1[nH]nc(COc2ccccc2)n1N=Cc1cccc(Br)c1. The summed E-state index contributed by atoms with van der Waals surface area (Å²) in [5.41, 5.74) is 0.956. The van der Waals surface area contributed by atoms with Crippen molar-refractivity contribution in [2.24, 2.45) is 5.10 Å². The first kappa shape index (κ1) is 15.6. The molecule has 0 saturated carbocycles. The summed E-state index contributed by atoms with van der Waals surface area (Å²) < 4.78 is 8.65. The number of para-hydroxylation sites is 1. The van der Waals surface area contributed by atoms with E-state index in [1.807, 2.05) is 54.6 Å². The smallest absolute Gasteiger partial charge is 0.216 e. The van der Waals surface area contributed by atoms with Crippen LogP contribution < -0.4 is 4.74 Å². The van der Waals surface area contributed by atoms with Gasteiger partial charge < -0.3 is 4.74 Å². The second-order valence-corrected chi connectivity index (χ2v) is 5.96. The van der Waals surface area contributed by atoms with E-state index in [1.165, 1.54) is 0 Å². The normalized spacial score (nSPS) is 11.0. The minimum atomic E-state index is 0.271. The van der Waals surface area contributed by atoms with Gasteiger partial charge in [-0.1, -0.05) is 46.3 Å². The number of nitrogens with zero attached hydrogens (tertiary/aromatic N) is 3. The predicted molar refractivity (Wildman–Crippen MR) is 95.3 cm³/mol. The molecule has 0 aliphatic rings. The zero-order valence-corrected chi connectivity index (χ0v) is 14.4. The fourth-order valence-corrected chi connectivity index (χ4v) is 2.53. The molecule has 0 fully saturated rings. The van der Waals surface area contributed by atoms with E-state index >= 15 is 0 Å². The highest BCUT2D eigenvalue weighted by Crippen LogP contribution is 2.12. The Morgan fingerprint density at radius 1 is 1.22 bits per heavy atom.